The Morgan fingerprint density at radius 1 is 0.972 bits per heavy atom. The largest absolute Gasteiger partial charge is 0.573 e. The topological polar surface area (TPSA) is 85.9 Å². The number of ether oxygens (including phenoxy) is 3. The predicted octanol–water partition coefficient (Wildman–Crippen LogP) is 5.26. The molecule has 188 valence electrons. The van der Waals surface area contributed by atoms with Crippen molar-refractivity contribution in [2.75, 3.05) is 19.2 Å². The zero-order valence-corrected chi connectivity index (χ0v) is 19.1. The van der Waals surface area contributed by atoms with Crippen molar-refractivity contribution in [2.24, 2.45) is 0 Å². The average Bonchev–Trinajstić information content (AvgIpc) is 3.54. The Kier molecular flexibility index (Phi) is 5.74. The lowest BCUT2D eigenvalue weighted by Gasteiger charge is -2.19. The number of hydrogen-bond donors (Lipinski definition) is 2. The summed E-state index contributed by atoms with van der Waals surface area (Å²) >= 11 is 0. The molecule has 1 heterocycles. The fourth-order valence-corrected chi connectivity index (χ4v) is 4.21. The molecule has 5 rings (SSSR count). The maximum atomic E-state index is 13.4. The first-order valence-electron chi connectivity index (χ1n) is 11.1. The van der Waals surface area contributed by atoms with Crippen LogP contribution in [0.2, 0.25) is 0 Å². The van der Waals surface area contributed by atoms with Crippen LogP contribution in [0.15, 0.2) is 60.7 Å². The maximum absolute atomic E-state index is 13.4. The van der Waals surface area contributed by atoms with E-state index in [1.165, 1.54) is 19.2 Å². The van der Waals surface area contributed by atoms with Crippen LogP contribution in [0.5, 0.6) is 17.2 Å². The third kappa shape index (κ3) is 4.53. The Bertz CT molecular complexity index is 1360. The number of alkyl halides is 3. The lowest BCUT2D eigenvalue weighted by Crippen LogP contribution is -2.28. The summed E-state index contributed by atoms with van der Waals surface area (Å²) in [6.07, 6.45) is -3.89. The SMILES string of the molecule is CNC(=O)c1cccc(-c2ccc(OC(F)(F)F)c(NC(=O)C3(c4ccc5c(c4)OCO5)CC3)c2)c1.[HH]. The van der Waals surface area contributed by atoms with Crippen LogP contribution in [0.25, 0.3) is 11.1 Å². The van der Waals surface area contributed by atoms with Gasteiger partial charge in [0, 0.05) is 14.0 Å². The summed E-state index contributed by atoms with van der Waals surface area (Å²) in [4.78, 5) is 25.4. The highest BCUT2D eigenvalue weighted by Gasteiger charge is 2.52. The van der Waals surface area contributed by atoms with Crippen LogP contribution in [-0.2, 0) is 10.2 Å². The fourth-order valence-electron chi connectivity index (χ4n) is 4.21. The maximum Gasteiger partial charge on any atom is 0.573 e. The minimum absolute atomic E-state index is 0. The fraction of sp³-hybridized carbons (Fsp3) is 0.231. The third-order valence-corrected chi connectivity index (χ3v) is 6.25. The van der Waals surface area contributed by atoms with E-state index in [1.807, 2.05) is 0 Å². The second-order valence-corrected chi connectivity index (χ2v) is 8.52. The molecule has 0 bridgehead atoms. The van der Waals surface area contributed by atoms with Crippen LogP contribution in [0.3, 0.4) is 0 Å². The molecule has 0 atom stereocenters. The van der Waals surface area contributed by atoms with Crippen molar-refractivity contribution in [1.29, 1.82) is 0 Å². The van der Waals surface area contributed by atoms with Crippen molar-refractivity contribution in [2.45, 2.75) is 24.6 Å². The Labute approximate surface area is 205 Å². The van der Waals surface area contributed by atoms with Gasteiger partial charge in [0.05, 0.1) is 11.1 Å². The number of amides is 2. The number of hydrogen-bond acceptors (Lipinski definition) is 5. The molecule has 3 aromatic carbocycles. The molecule has 1 aliphatic carbocycles. The van der Waals surface area contributed by atoms with Gasteiger partial charge >= 0.3 is 6.36 Å². The van der Waals surface area contributed by atoms with E-state index in [1.54, 1.807) is 42.5 Å². The Morgan fingerprint density at radius 2 is 1.72 bits per heavy atom. The van der Waals surface area contributed by atoms with E-state index >= 15 is 0 Å². The van der Waals surface area contributed by atoms with Gasteiger partial charge in [-0.1, -0.05) is 24.3 Å². The number of anilines is 1. The molecule has 1 fully saturated rings. The molecule has 1 saturated carbocycles. The van der Waals surface area contributed by atoms with Gasteiger partial charge in [-0.25, -0.2) is 0 Å². The molecule has 0 aromatic heterocycles. The minimum atomic E-state index is -4.95. The molecule has 36 heavy (non-hydrogen) atoms. The number of carbonyl (C=O) groups excluding carboxylic acids is 2. The van der Waals surface area contributed by atoms with Gasteiger partial charge < -0.3 is 24.8 Å². The van der Waals surface area contributed by atoms with E-state index in [9.17, 15) is 22.8 Å². The Hall–Kier alpha value is -4.21. The second kappa shape index (κ2) is 8.78. The predicted molar refractivity (Wildman–Crippen MR) is 126 cm³/mol. The van der Waals surface area contributed by atoms with E-state index in [0.717, 1.165) is 6.07 Å². The molecule has 7 nitrogen and oxygen atoms in total. The average molecular weight is 500 g/mol. The zero-order chi connectivity index (χ0) is 25.5. The molecule has 2 amide bonds. The van der Waals surface area contributed by atoms with Crippen LogP contribution in [0, 0.1) is 0 Å². The van der Waals surface area contributed by atoms with Gasteiger partial charge in [-0.05, 0) is 65.9 Å². The number of carbonyl (C=O) groups is 2. The first kappa shape index (κ1) is 23.5. The van der Waals surface area contributed by atoms with Crippen LogP contribution < -0.4 is 24.8 Å². The van der Waals surface area contributed by atoms with Crippen LogP contribution in [-0.4, -0.2) is 32.0 Å². The quantitative estimate of drug-likeness (QED) is 0.483. The summed E-state index contributed by atoms with van der Waals surface area (Å²) in [7, 11) is 1.50. The Balaban J connectivity index is 0.00000320. The van der Waals surface area contributed by atoms with E-state index < -0.39 is 23.4 Å². The normalized spacial score (nSPS) is 15.2. The molecule has 3 aromatic rings. The molecular weight excluding hydrogens is 477 g/mol. The highest BCUT2D eigenvalue weighted by molar-refractivity contribution is 6.03. The van der Waals surface area contributed by atoms with Crippen molar-refractivity contribution in [3.05, 3.63) is 71.8 Å². The molecule has 0 radical (unpaired) electrons. The summed E-state index contributed by atoms with van der Waals surface area (Å²) < 4.78 is 54.2. The van der Waals surface area contributed by atoms with E-state index in [4.69, 9.17) is 9.47 Å². The van der Waals surface area contributed by atoms with E-state index in [0.29, 0.717) is 46.6 Å². The standard InChI is InChI=1S/C26H21F3N2O5.H2/c1-30-23(32)17-4-2-3-15(11-17)16-5-7-20(36-26(27,28)29)19(12-16)31-24(33)25(9-10-25)18-6-8-21-22(13-18)35-14-34-21;/h2-8,11-13H,9-10,14H2,1H3,(H,30,32)(H,31,33);1H. The zero-order valence-electron chi connectivity index (χ0n) is 19.1. The second-order valence-electron chi connectivity index (χ2n) is 8.52. The van der Waals surface area contributed by atoms with Gasteiger partial charge in [0.1, 0.15) is 0 Å². The van der Waals surface area contributed by atoms with Crippen molar-refractivity contribution in [1.82, 2.24) is 5.32 Å². The number of rotatable bonds is 6. The summed E-state index contributed by atoms with van der Waals surface area (Å²) in [5, 5.41) is 5.17. The monoisotopic (exact) mass is 500 g/mol. The van der Waals surface area contributed by atoms with Crippen LogP contribution >= 0.6 is 0 Å². The van der Waals surface area contributed by atoms with E-state index in [-0.39, 0.29) is 19.8 Å². The lowest BCUT2D eigenvalue weighted by molar-refractivity contribution is -0.274. The summed E-state index contributed by atoms with van der Waals surface area (Å²) in [6, 6.07) is 15.8. The molecule has 0 spiro atoms. The van der Waals surface area contributed by atoms with Gasteiger partial charge in [-0.15, -0.1) is 13.2 Å². The van der Waals surface area contributed by atoms with Crippen LogP contribution in [0.4, 0.5) is 18.9 Å². The highest BCUT2D eigenvalue weighted by atomic mass is 19.4. The highest BCUT2D eigenvalue weighted by Crippen LogP contribution is 2.51. The van der Waals surface area contributed by atoms with Crippen molar-refractivity contribution in [3.8, 4) is 28.4 Å². The molecular formula is C26H23F3N2O5. The molecule has 0 saturated heterocycles. The van der Waals surface area contributed by atoms with Gasteiger partial charge in [0.15, 0.2) is 17.2 Å². The Morgan fingerprint density at radius 3 is 2.44 bits per heavy atom. The minimum Gasteiger partial charge on any atom is -0.454 e. The molecule has 1 aliphatic heterocycles. The smallest absolute Gasteiger partial charge is 0.454 e. The van der Waals surface area contributed by atoms with Gasteiger partial charge in [0.2, 0.25) is 12.7 Å². The van der Waals surface area contributed by atoms with Crippen molar-refractivity contribution < 1.29 is 38.4 Å². The summed E-state index contributed by atoms with van der Waals surface area (Å²) in [6.45, 7) is 0.0873. The molecule has 10 heteroatoms. The number of benzene rings is 3. The first-order valence-corrected chi connectivity index (χ1v) is 11.1. The van der Waals surface area contributed by atoms with Crippen molar-refractivity contribution >= 4 is 17.5 Å². The van der Waals surface area contributed by atoms with Crippen LogP contribution in [0.1, 0.15) is 30.2 Å². The molecule has 0 unspecified atom stereocenters. The van der Waals surface area contributed by atoms with Gasteiger partial charge in [0.25, 0.3) is 5.91 Å². The number of halogens is 3. The van der Waals surface area contributed by atoms with Gasteiger partial charge in [-0.2, -0.15) is 0 Å². The lowest BCUT2D eigenvalue weighted by atomic mass is 9.94. The van der Waals surface area contributed by atoms with E-state index in [2.05, 4.69) is 15.4 Å². The van der Waals surface area contributed by atoms with Crippen molar-refractivity contribution in [3.63, 3.8) is 0 Å². The first-order chi connectivity index (χ1) is 17.2. The number of nitrogens with one attached hydrogen (secondary N) is 2. The number of fused-ring (bicyclic) bond motifs is 1. The molecule has 2 N–H and O–H groups in total. The molecule has 2 aliphatic rings. The third-order valence-electron chi connectivity index (χ3n) is 6.25. The summed E-state index contributed by atoms with van der Waals surface area (Å²) in [5.41, 5.74) is 1.13. The van der Waals surface area contributed by atoms with Gasteiger partial charge in [-0.3, -0.25) is 9.59 Å². The summed E-state index contributed by atoms with van der Waals surface area (Å²) in [5.74, 6) is -0.205.